The van der Waals surface area contributed by atoms with Crippen molar-refractivity contribution in [1.29, 1.82) is 0 Å². The minimum Gasteiger partial charge on any atom is -0.370 e. The molecule has 1 heterocycles. The normalized spacial score (nSPS) is 23.1. The summed E-state index contributed by atoms with van der Waals surface area (Å²) in [5, 5.41) is 7.61. The van der Waals surface area contributed by atoms with Gasteiger partial charge in [-0.25, -0.2) is 9.97 Å². The number of hydrogen-bond acceptors (Lipinski definition) is 5. The van der Waals surface area contributed by atoms with Crippen molar-refractivity contribution in [2.45, 2.75) is 44.3 Å². The number of nitrogens with one attached hydrogen (secondary N) is 2. The van der Waals surface area contributed by atoms with E-state index in [1.54, 1.807) is 11.8 Å². The average Bonchev–Trinajstić information content (AvgIpc) is 2.75. The molecule has 2 rings (SSSR count). The topological polar surface area (TPSA) is 49.8 Å². The highest BCUT2D eigenvalue weighted by molar-refractivity contribution is 7.98. The van der Waals surface area contributed by atoms with Crippen LogP contribution in [0.4, 0.5) is 11.6 Å². The van der Waals surface area contributed by atoms with Gasteiger partial charge in [0.1, 0.15) is 11.6 Å². The van der Waals surface area contributed by atoms with E-state index in [1.807, 2.05) is 12.3 Å². The summed E-state index contributed by atoms with van der Waals surface area (Å²) in [5.41, 5.74) is 0. The molecule has 1 aliphatic rings. The Hall–Kier alpha value is -0.970. The van der Waals surface area contributed by atoms with Gasteiger partial charge < -0.3 is 10.6 Å². The Morgan fingerprint density at radius 2 is 2.11 bits per heavy atom. The molecular weight excluding hydrogens is 244 g/mol. The first-order valence-corrected chi connectivity index (χ1v) is 7.87. The summed E-state index contributed by atoms with van der Waals surface area (Å²) in [6, 6.07) is 2.57. The molecule has 0 aliphatic heterocycles. The maximum Gasteiger partial charge on any atom is 0.191 e. The minimum absolute atomic E-state index is 0.569. The number of aromatic nitrogens is 2. The lowest BCUT2D eigenvalue weighted by molar-refractivity contribution is 0.602. The van der Waals surface area contributed by atoms with Crippen LogP contribution in [-0.4, -0.2) is 28.8 Å². The van der Waals surface area contributed by atoms with Gasteiger partial charge in [0, 0.05) is 18.7 Å². The highest BCUT2D eigenvalue weighted by Gasteiger charge is 2.21. The van der Waals surface area contributed by atoms with E-state index in [0.29, 0.717) is 6.04 Å². The second-order valence-electron chi connectivity index (χ2n) is 4.91. The van der Waals surface area contributed by atoms with E-state index in [-0.39, 0.29) is 0 Å². The summed E-state index contributed by atoms with van der Waals surface area (Å²) in [6.45, 7) is 5.27. The van der Waals surface area contributed by atoms with Crippen LogP contribution in [-0.2, 0) is 0 Å². The third-order valence-corrected chi connectivity index (χ3v) is 3.84. The van der Waals surface area contributed by atoms with Crippen LogP contribution in [0.5, 0.6) is 0 Å². The summed E-state index contributed by atoms with van der Waals surface area (Å²) < 4.78 is 0. The molecule has 1 aromatic rings. The van der Waals surface area contributed by atoms with Crippen LogP contribution in [0.2, 0.25) is 0 Å². The molecule has 2 unspecified atom stereocenters. The van der Waals surface area contributed by atoms with Gasteiger partial charge in [-0.1, -0.05) is 18.7 Å². The van der Waals surface area contributed by atoms with E-state index in [2.05, 4.69) is 34.4 Å². The fourth-order valence-electron chi connectivity index (χ4n) is 2.41. The molecule has 0 radical (unpaired) electrons. The number of hydrogen-bond donors (Lipinski definition) is 2. The molecule has 4 nitrogen and oxygen atoms in total. The molecule has 1 aromatic heterocycles. The van der Waals surface area contributed by atoms with Crippen LogP contribution in [0.25, 0.3) is 0 Å². The van der Waals surface area contributed by atoms with E-state index >= 15 is 0 Å². The van der Waals surface area contributed by atoms with Crippen molar-refractivity contribution in [3.8, 4) is 0 Å². The van der Waals surface area contributed by atoms with Crippen molar-refractivity contribution >= 4 is 23.4 Å². The minimum atomic E-state index is 0.569. The van der Waals surface area contributed by atoms with E-state index in [9.17, 15) is 0 Å². The molecule has 100 valence electrons. The zero-order valence-corrected chi connectivity index (χ0v) is 12.2. The second kappa shape index (κ2) is 6.27. The predicted octanol–water partition coefficient (Wildman–Crippen LogP) is 3.23. The molecule has 0 amide bonds. The highest BCUT2D eigenvalue weighted by atomic mass is 32.2. The molecule has 1 aliphatic carbocycles. The Kier molecular flexibility index (Phi) is 4.69. The number of nitrogens with zero attached hydrogens (tertiary/aromatic N) is 2. The molecule has 0 aromatic carbocycles. The van der Waals surface area contributed by atoms with Gasteiger partial charge in [0.25, 0.3) is 0 Å². The Balaban J connectivity index is 2.08. The van der Waals surface area contributed by atoms with Crippen LogP contribution in [0.1, 0.15) is 33.1 Å². The first kappa shape index (κ1) is 13.5. The summed E-state index contributed by atoms with van der Waals surface area (Å²) in [5.74, 6) is 2.69. The van der Waals surface area contributed by atoms with Crippen LogP contribution in [0, 0.1) is 5.92 Å². The first-order valence-electron chi connectivity index (χ1n) is 6.64. The summed E-state index contributed by atoms with van der Waals surface area (Å²) >= 11 is 1.58. The maximum absolute atomic E-state index is 4.52. The quantitative estimate of drug-likeness (QED) is 0.633. The Morgan fingerprint density at radius 3 is 2.72 bits per heavy atom. The van der Waals surface area contributed by atoms with E-state index in [4.69, 9.17) is 0 Å². The monoisotopic (exact) mass is 266 g/mol. The van der Waals surface area contributed by atoms with Gasteiger partial charge in [0.2, 0.25) is 0 Å². The Bertz CT molecular complexity index is 397. The van der Waals surface area contributed by atoms with E-state index in [0.717, 1.165) is 29.3 Å². The van der Waals surface area contributed by atoms with Gasteiger partial charge >= 0.3 is 0 Å². The number of thioether (sulfide) groups is 1. The first-order chi connectivity index (χ1) is 8.71. The summed E-state index contributed by atoms with van der Waals surface area (Å²) in [7, 11) is 0. The summed E-state index contributed by atoms with van der Waals surface area (Å²) in [6.07, 6.45) is 5.82. The second-order valence-corrected chi connectivity index (χ2v) is 5.69. The Morgan fingerprint density at radius 1 is 1.33 bits per heavy atom. The smallest absolute Gasteiger partial charge is 0.191 e. The lowest BCUT2D eigenvalue weighted by Crippen LogP contribution is -2.17. The van der Waals surface area contributed by atoms with Gasteiger partial charge in [-0.2, -0.15) is 0 Å². The molecule has 1 fully saturated rings. The lowest BCUT2D eigenvalue weighted by Gasteiger charge is -2.14. The van der Waals surface area contributed by atoms with Crippen LogP contribution in [0.3, 0.4) is 0 Å². The largest absolute Gasteiger partial charge is 0.370 e. The zero-order valence-electron chi connectivity index (χ0n) is 11.4. The molecule has 1 saturated carbocycles. The summed E-state index contributed by atoms with van der Waals surface area (Å²) in [4.78, 5) is 8.96. The van der Waals surface area contributed by atoms with Crippen molar-refractivity contribution in [1.82, 2.24) is 9.97 Å². The van der Waals surface area contributed by atoms with Gasteiger partial charge in [-0.05, 0) is 38.4 Å². The van der Waals surface area contributed by atoms with Crippen LogP contribution < -0.4 is 10.6 Å². The van der Waals surface area contributed by atoms with Gasteiger partial charge in [-0.3, -0.25) is 0 Å². The number of rotatable bonds is 5. The fraction of sp³-hybridized carbons (Fsp3) is 0.692. The SMILES string of the molecule is CCNc1cc(NC2CCC(C)C2)nc(SC)n1. The zero-order chi connectivity index (χ0) is 13.0. The standard InChI is InChI=1S/C13H22N4S/c1-4-14-11-8-12(17-13(16-11)18-3)15-10-6-5-9(2)7-10/h8-10H,4-7H2,1-3H3,(H2,14,15,16,17). The molecule has 0 spiro atoms. The molecule has 5 heteroatoms. The number of anilines is 2. The molecule has 2 atom stereocenters. The molecular formula is C13H22N4S. The van der Waals surface area contributed by atoms with Crippen molar-refractivity contribution in [3.05, 3.63) is 6.07 Å². The van der Waals surface area contributed by atoms with E-state index in [1.165, 1.54) is 19.3 Å². The van der Waals surface area contributed by atoms with Crippen molar-refractivity contribution < 1.29 is 0 Å². The van der Waals surface area contributed by atoms with Crippen molar-refractivity contribution in [2.75, 3.05) is 23.4 Å². The van der Waals surface area contributed by atoms with Crippen molar-refractivity contribution in [3.63, 3.8) is 0 Å². The average molecular weight is 266 g/mol. The van der Waals surface area contributed by atoms with Gasteiger partial charge in [0.15, 0.2) is 5.16 Å². The van der Waals surface area contributed by atoms with Gasteiger partial charge in [0.05, 0.1) is 0 Å². The predicted molar refractivity (Wildman–Crippen MR) is 78.4 cm³/mol. The maximum atomic E-state index is 4.52. The lowest BCUT2D eigenvalue weighted by atomic mass is 10.1. The highest BCUT2D eigenvalue weighted by Crippen LogP contribution is 2.28. The van der Waals surface area contributed by atoms with Crippen molar-refractivity contribution in [2.24, 2.45) is 5.92 Å². The molecule has 2 N–H and O–H groups in total. The van der Waals surface area contributed by atoms with E-state index < -0.39 is 0 Å². The van der Waals surface area contributed by atoms with Gasteiger partial charge in [-0.15, -0.1) is 0 Å². The third-order valence-electron chi connectivity index (χ3n) is 3.29. The Labute approximate surface area is 113 Å². The molecule has 0 saturated heterocycles. The molecule has 18 heavy (non-hydrogen) atoms. The molecule has 0 bridgehead atoms. The van der Waals surface area contributed by atoms with Crippen LogP contribution in [0.15, 0.2) is 11.2 Å². The third kappa shape index (κ3) is 3.51. The fourth-order valence-corrected chi connectivity index (χ4v) is 2.79. The van der Waals surface area contributed by atoms with Crippen LogP contribution >= 0.6 is 11.8 Å².